The molecular formula is C13H19N5S. The molecule has 6 heteroatoms. The van der Waals surface area contributed by atoms with Crippen LogP contribution in [-0.4, -0.2) is 34.8 Å². The van der Waals surface area contributed by atoms with Crippen molar-refractivity contribution in [3.63, 3.8) is 0 Å². The number of aromatic amines is 1. The lowest BCUT2D eigenvalue weighted by Crippen LogP contribution is -2.46. The Kier molecular flexibility index (Phi) is 3.28. The lowest BCUT2D eigenvalue weighted by molar-refractivity contribution is 0.270. The van der Waals surface area contributed by atoms with E-state index in [0.29, 0.717) is 6.54 Å². The highest BCUT2D eigenvalue weighted by atomic mass is 32.1. The summed E-state index contributed by atoms with van der Waals surface area (Å²) in [7, 11) is 0. The molecule has 0 radical (unpaired) electrons. The maximum Gasteiger partial charge on any atom is 0.245 e. The number of aromatic nitrogens is 3. The first-order valence-corrected chi connectivity index (χ1v) is 7.49. The van der Waals surface area contributed by atoms with Crippen molar-refractivity contribution in [1.29, 1.82) is 0 Å². The number of nitrogens with two attached hydrogens (primary N) is 1. The number of rotatable bonds is 3. The molecule has 19 heavy (non-hydrogen) atoms. The van der Waals surface area contributed by atoms with E-state index in [2.05, 4.69) is 33.1 Å². The van der Waals surface area contributed by atoms with Crippen LogP contribution in [-0.2, 0) is 0 Å². The smallest absolute Gasteiger partial charge is 0.245 e. The summed E-state index contributed by atoms with van der Waals surface area (Å²) in [6.07, 6.45) is 2.33. The summed E-state index contributed by atoms with van der Waals surface area (Å²) in [6.45, 7) is 4.90. The Morgan fingerprint density at radius 1 is 1.58 bits per heavy atom. The van der Waals surface area contributed by atoms with Crippen LogP contribution in [0.1, 0.15) is 19.8 Å². The summed E-state index contributed by atoms with van der Waals surface area (Å²) >= 11 is 1.67. The van der Waals surface area contributed by atoms with Crippen LogP contribution < -0.4 is 10.6 Å². The van der Waals surface area contributed by atoms with Crippen LogP contribution >= 0.6 is 11.3 Å². The van der Waals surface area contributed by atoms with E-state index in [4.69, 9.17) is 5.73 Å². The van der Waals surface area contributed by atoms with Crippen LogP contribution in [0.4, 0.5) is 5.95 Å². The first-order chi connectivity index (χ1) is 9.20. The normalized spacial score (nSPS) is 23.8. The average molecular weight is 277 g/mol. The predicted molar refractivity (Wildman–Crippen MR) is 78.3 cm³/mol. The van der Waals surface area contributed by atoms with Gasteiger partial charge in [-0.25, -0.2) is 0 Å². The van der Waals surface area contributed by atoms with Gasteiger partial charge < -0.3 is 10.6 Å². The van der Waals surface area contributed by atoms with Gasteiger partial charge in [-0.3, -0.25) is 5.10 Å². The zero-order valence-electron chi connectivity index (χ0n) is 11.1. The first-order valence-electron chi connectivity index (χ1n) is 6.61. The second-order valence-corrected chi connectivity index (χ2v) is 6.45. The van der Waals surface area contributed by atoms with E-state index in [-0.39, 0.29) is 5.41 Å². The molecule has 1 saturated heterocycles. The van der Waals surface area contributed by atoms with Gasteiger partial charge in [0, 0.05) is 13.1 Å². The largest absolute Gasteiger partial charge is 0.339 e. The van der Waals surface area contributed by atoms with Crippen LogP contribution in [0, 0.1) is 5.41 Å². The standard InChI is InChI=1S/C13H19N5S/c1-13(8-14)5-3-6-18(9-13)12-15-11(16-17-12)10-4-2-7-19-10/h2,4,7H,3,5-6,8-9,14H2,1H3,(H,15,16,17). The molecule has 1 aliphatic heterocycles. The molecule has 0 saturated carbocycles. The van der Waals surface area contributed by atoms with Gasteiger partial charge in [0.25, 0.3) is 0 Å². The van der Waals surface area contributed by atoms with Gasteiger partial charge in [0.15, 0.2) is 5.82 Å². The molecule has 0 amide bonds. The maximum absolute atomic E-state index is 5.89. The van der Waals surface area contributed by atoms with E-state index in [9.17, 15) is 0 Å². The zero-order chi connectivity index (χ0) is 13.3. The number of H-pyrrole nitrogens is 1. The number of hydrogen-bond donors (Lipinski definition) is 2. The van der Waals surface area contributed by atoms with E-state index in [1.165, 1.54) is 6.42 Å². The van der Waals surface area contributed by atoms with Gasteiger partial charge in [-0.05, 0) is 36.2 Å². The maximum atomic E-state index is 5.89. The molecule has 2 aromatic heterocycles. The van der Waals surface area contributed by atoms with Crippen LogP contribution in [0.5, 0.6) is 0 Å². The van der Waals surface area contributed by atoms with Crippen LogP contribution in [0.25, 0.3) is 10.7 Å². The molecule has 0 bridgehead atoms. The zero-order valence-corrected chi connectivity index (χ0v) is 11.9. The number of hydrogen-bond acceptors (Lipinski definition) is 5. The number of thiophene rings is 1. The highest BCUT2D eigenvalue weighted by molar-refractivity contribution is 7.13. The van der Waals surface area contributed by atoms with Crippen molar-refractivity contribution in [1.82, 2.24) is 15.2 Å². The monoisotopic (exact) mass is 277 g/mol. The quantitative estimate of drug-likeness (QED) is 0.901. The van der Waals surface area contributed by atoms with Gasteiger partial charge in [-0.2, -0.15) is 4.98 Å². The first kappa shape index (κ1) is 12.6. The highest BCUT2D eigenvalue weighted by Gasteiger charge is 2.31. The molecule has 1 fully saturated rings. The van der Waals surface area contributed by atoms with E-state index in [1.807, 2.05) is 11.4 Å². The van der Waals surface area contributed by atoms with Crippen LogP contribution in [0.2, 0.25) is 0 Å². The number of anilines is 1. The third-order valence-electron chi connectivity index (χ3n) is 3.78. The van der Waals surface area contributed by atoms with Gasteiger partial charge in [-0.15, -0.1) is 16.4 Å². The Bertz CT molecular complexity index is 535. The molecule has 0 spiro atoms. The number of nitrogens with zero attached hydrogens (tertiary/aromatic N) is 3. The molecule has 0 aromatic carbocycles. The van der Waals surface area contributed by atoms with Crippen molar-refractivity contribution in [3.8, 4) is 10.7 Å². The van der Waals surface area contributed by atoms with Crippen molar-refractivity contribution in [2.75, 3.05) is 24.5 Å². The molecular weight excluding hydrogens is 258 g/mol. The molecule has 2 aromatic rings. The van der Waals surface area contributed by atoms with Crippen LogP contribution in [0.15, 0.2) is 17.5 Å². The third-order valence-corrected chi connectivity index (χ3v) is 4.66. The molecule has 1 aliphatic rings. The summed E-state index contributed by atoms with van der Waals surface area (Å²) in [5.74, 6) is 1.65. The minimum absolute atomic E-state index is 0.183. The van der Waals surface area contributed by atoms with Crippen molar-refractivity contribution in [2.24, 2.45) is 11.1 Å². The van der Waals surface area contributed by atoms with Gasteiger partial charge in [0.05, 0.1) is 4.88 Å². The van der Waals surface area contributed by atoms with Crippen molar-refractivity contribution in [3.05, 3.63) is 17.5 Å². The van der Waals surface area contributed by atoms with Gasteiger partial charge >= 0.3 is 0 Å². The fourth-order valence-electron chi connectivity index (χ4n) is 2.57. The van der Waals surface area contributed by atoms with Crippen molar-refractivity contribution in [2.45, 2.75) is 19.8 Å². The summed E-state index contributed by atoms with van der Waals surface area (Å²) < 4.78 is 0. The molecule has 0 aliphatic carbocycles. The minimum atomic E-state index is 0.183. The Balaban J connectivity index is 1.79. The Labute approximate surface area is 116 Å². The van der Waals surface area contributed by atoms with Gasteiger partial charge in [0.2, 0.25) is 5.95 Å². The van der Waals surface area contributed by atoms with E-state index >= 15 is 0 Å². The average Bonchev–Trinajstić information content (AvgIpc) is 3.09. The molecule has 1 unspecified atom stereocenters. The molecule has 102 valence electrons. The fourth-order valence-corrected chi connectivity index (χ4v) is 3.23. The SMILES string of the molecule is CC1(CN)CCCN(c2n[nH]c(-c3cccs3)n2)C1. The summed E-state index contributed by atoms with van der Waals surface area (Å²) in [4.78, 5) is 7.97. The molecule has 1 atom stereocenters. The summed E-state index contributed by atoms with van der Waals surface area (Å²) in [6, 6.07) is 4.07. The Morgan fingerprint density at radius 3 is 3.21 bits per heavy atom. The van der Waals surface area contributed by atoms with Gasteiger partial charge in [-0.1, -0.05) is 13.0 Å². The molecule has 3 rings (SSSR count). The number of nitrogens with one attached hydrogen (secondary N) is 1. The third kappa shape index (κ3) is 2.50. The predicted octanol–water partition coefficient (Wildman–Crippen LogP) is 2.10. The second kappa shape index (κ2) is 4.94. The summed E-state index contributed by atoms with van der Waals surface area (Å²) in [5.41, 5.74) is 6.07. The molecule has 3 N–H and O–H groups in total. The summed E-state index contributed by atoms with van der Waals surface area (Å²) in [5, 5.41) is 9.42. The second-order valence-electron chi connectivity index (χ2n) is 5.50. The van der Waals surface area contributed by atoms with Gasteiger partial charge in [0.1, 0.15) is 0 Å². The fraction of sp³-hybridized carbons (Fsp3) is 0.538. The van der Waals surface area contributed by atoms with Crippen molar-refractivity contribution >= 4 is 17.3 Å². The number of piperidine rings is 1. The van der Waals surface area contributed by atoms with E-state index < -0.39 is 0 Å². The highest BCUT2D eigenvalue weighted by Crippen LogP contribution is 2.30. The molecule has 3 heterocycles. The lowest BCUT2D eigenvalue weighted by Gasteiger charge is -2.39. The van der Waals surface area contributed by atoms with Crippen LogP contribution in [0.3, 0.4) is 0 Å². The van der Waals surface area contributed by atoms with E-state index in [0.717, 1.165) is 36.2 Å². The Morgan fingerprint density at radius 2 is 2.47 bits per heavy atom. The molecule has 5 nitrogen and oxygen atoms in total. The van der Waals surface area contributed by atoms with E-state index in [1.54, 1.807) is 11.3 Å². The topological polar surface area (TPSA) is 70.8 Å². The van der Waals surface area contributed by atoms with Crippen molar-refractivity contribution < 1.29 is 0 Å². The Hall–Kier alpha value is -1.40. The lowest BCUT2D eigenvalue weighted by atomic mass is 9.82. The minimum Gasteiger partial charge on any atom is -0.339 e.